The summed E-state index contributed by atoms with van der Waals surface area (Å²) in [6.07, 6.45) is 2.69. The molecule has 106 valence electrons. The number of carbonyl (C=O) groups is 1. The van der Waals surface area contributed by atoms with Crippen LogP contribution >= 0.6 is 0 Å². The van der Waals surface area contributed by atoms with Gasteiger partial charge in [-0.2, -0.15) is 10.2 Å². The van der Waals surface area contributed by atoms with E-state index in [-0.39, 0.29) is 11.4 Å². The Bertz CT molecular complexity index is 659. The molecule has 1 amide bonds. The number of nitro groups is 1. The number of hydrogen-bond donors (Lipinski definition) is 1. The molecule has 0 aliphatic rings. The number of aromatic nitrogens is 4. The molecule has 0 aliphatic heterocycles. The summed E-state index contributed by atoms with van der Waals surface area (Å²) < 4.78 is 1.70. The van der Waals surface area contributed by atoms with Crippen molar-refractivity contribution in [1.82, 2.24) is 24.9 Å². The van der Waals surface area contributed by atoms with Gasteiger partial charge in [0.2, 0.25) is 5.69 Å². The van der Waals surface area contributed by atoms with Crippen molar-refractivity contribution in [2.45, 2.75) is 13.5 Å². The zero-order valence-electron chi connectivity index (χ0n) is 11.3. The Morgan fingerprint density at radius 3 is 2.80 bits per heavy atom. The van der Waals surface area contributed by atoms with E-state index in [2.05, 4.69) is 15.3 Å². The van der Waals surface area contributed by atoms with Gasteiger partial charge < -0.3 is 4.90 Å². The highest BCUT2D eigenvalue weighted by Gasteiger charge is 2.25. The van der Waals surface area contributed by atoms with Gasteiger partial charge in [-0.3, -0.25) is 24.7 Å². The van der Waals surface area contributed by atoms with Gasteiger partial charge in [-0.1, -0.05) is 0 Å². The van der Waals surface area contributed by atoms with Gasteiger partial charge in [0.05, 0.1) is 11.1 Å². The lowest BCUT2D eigenvalue weighted by Gasteiger charge is -2.15. The molecule has 9 nitrogen and oxygen atoms in total. The Morgan fingerprint density at radius 1 is 1.55 bits per heavy atom. The van der Waals surface area contributed by atoms with Crippen molar-refractivity contribution in [3.05, 3.63) is 39.5 Å². The molecule has 0 aliphatic carbocycles. The number of rotatable bonds is 4. The van der Waals surface area contributed by atoms with E-state index < -0.39 is 10.8 Å². The summed E-state index contributed by atoms with van der Waals surface area (Å²) in [7, 11) is 3.37. The standard InChI is InChI=1S/C11H14N6O3/c1-7-8(4-13-16(7)3)6-15(2)11(18)10-9(17(19)20)5-12-14-10/h4-5H,6H2,1-3H3,(H,12,14). The van der Waals surface area contributed by atoms with Crippen LogP contribution in [0.4, 0.5) is 5.69 Å². The molecule has 0 saturated carbocycles. The summed E-state index contributed by atoms with van der Waals surface area (Å²) in [6.45, 7) is 2.20. The lowest BCUT2D eigenvalue weighted by atomic mass is 10.2. The first kappa shape index (κ1) is 13.7. The number of nitrogens with zero attached hydrogens (tertiary/aromatic N) is 5. The maximum Gasteiger partial charge on any atom is 0.319 e. The number of nitrogens with one attached hydrogen (secondary N) is 1. The zero-order chi connectivity index (χ0) is 14.9. The second-order valence-corrected chi connectivity index (χ2v) is 4.43. The quantitative estimate of drug-likeness (QED) is 0.651. The highest BCUT2D eigenvalue weighted by Crippen LogP contribution is 2.17. The van der Waals surface area contributed by atoms with Crippen LogP contribution in [0.5, 0.6) is 0 Å². The Balaban J connectivity index is 2.19. The Hall–Kier alpha value is -2.71. The third kappa shape index (κ3) is 2.37. The second kappa shape index (κ2) is 5.11. The summed E-state index contributed by atoms with van der Waals surface area (Å²) in [5.41, 5.74) is 1.36. The molecule has 9 heteroatoms. The minimum atomic E-state index is -0.639. The monoisotopic (exact) mass is 278 g/mol. The highest BCUT2D eigenvalue weighted by atomic mass is 16.6. The van der Waals surface area contributed by atoms with Crippen molar-refractivity contribution < 1.29 is 9.72 Å². The van der Waals surface area contributed by atoms with E-state index in [1.54, 1.807) is 25.0 Å². The van der Waals surface area contributed by atoms with Gasteiger partial charge in [0, 0.05) is 31.9 Å². The van der Waals surface area contributed by atoms with Gasteiger partial charge in [0.1, 0.15) is 6.20 Å². The smallest absolute Gasteiger partial charge is 0.319 e. The van der Waals surface area contributed by atoms with Gasteiger partial charge in [-0.25, -0.2) is 0 Å². The number of aryl methyl sites for hydroxylation is 1. The fraction of sp³-hybridized carbons (Fsp3) is 0.364. The minimum Gasteiger partial charge on any atom is -0.336 e. The van der Waals surface area contributed by atoms with Crippen molar-refractivity contribution in [2.24, 2.45) is 7.05 Å². The third-order valence-corrected chi connectivity index (χ3v) is 3.12. The van der Waals surface area contributed by atoms with Crippen molar-refractivity contribution in [2.75, 3.05) is 7.05 Å². The normalized spacial score (nSPS) is 10.6. The predicted octanol–water partition coefficient (Wildman–Crippen LogP) is 0.632. The van der Waals surface area contributed by atoms with Crippen LogP contribution in [0.1, 0.15) is 21.7 Å². The predicted molar refractivity (Wildman–Crippen MR) is 69.0 cm³/mol. The summed E-state index contributed by atoms with van der Waals surface area (Å²) in [5, 5.41) is 20.8. The van der Waals surface area contributed by atoms with Crippen LogP contribution in [0, 0.1) is 17.0 Å². The molecular weight excluding hydrogens is 264 g/mol. The van der Waals surface area contributed by atoms with Crippen molar-refractivity contribution in [3.8, 4) is 0 Å². The molecule has 0 atom stereocenters. The topological polar surface area (TPSA) is 110 Å². The van der Waals surface area contributed by atoms with Gasteiger partial charge in [0.15, 0.2) is 0 Å². The van der Waals surface area contributed by atoms with Crippen LogP contribution in [0.15, 0.2) is 12.4 Å². The number of aromatic amines is 1. The average molecular weight is 278 g/mol. The molecule has 0 aromatic carbocycles. The largest absolute Gasteiger partial charge is 0.336 e. The average Bonchev–Trinajstić information content (AvgIpc) is 3.00. The van der Waals surface area contributed by atoms with E-state index in [1.807, 2.05) is 6.92 Å². The molecule has 2 rings (SSSR count). The fourth-order valence-corrected chi connectivity index (χ4v) is 1.79. The molecular formula is C11H14N6O3. The maximum atomic E-state index is 12.2. The highest BCUT2D eigenvalue weighted by molar-refractivity contribution is 5.95. The van der Waals surface area contributed by atoms with Crippen LogP contribution in [-0.2, 0) is 13.6 Å². The fourth-order valence-electron chi connectivity index (χ4n) is 1.79. The first-order valence-corrected chi connectivity index (χ1v) is 5.82. The Morgan fingerprint density at radius 2 is 2.25 bits per heavy atom. The van der Waals surface area contributed by atoms with Crippen LogP contribution < -0.4 is 0 Å². The maximum absolute atomic E-state index is 12.2. The number of amides is 1. The molecule has 0 saturated heterocycles. The molecule has 0 radical (unpaired) electrons. The van der Waals surface area contributed by atoms with Gasteiger partial charge >= 0.3 is 5.69 Å². The number of hydrogen-bond acceptors (Lipinski definition) is 5. The van der Waals surface area contributed by atoms with Crippen LogP contribution in [0.2, 0.25) is 0 Å². The lowest BCUT2D eigenvalue weighted by Crippen LogP contribution is -2.27. The zero-order valence-corrected chi connectivity index (χ0v) is 11.3. The van der Waals surface area contributed by atoms with Crippen LogP contribution in [0.25, 0.3) is 0 Å². The molecule has 2 aromatic heterocycles. The lowest BCUT2D eigenvalue weighted by molar-refractivity contribution is -0.385. The van der Waals surface area contributed by atoms with Crippen molar-refractivity contribution in [1.29, 1.82) is 0 Å². The molecule has 0 fully saturated rings. The molecule has 2 aromatic rings. The number of H-pyrrole nitrogens is 1. The van der Waals surface area contributed by atoms with E-state index in [4.69, 9.17) is 0 Å². The van der Waals surface area contributed by atoms with E-state index >= 15 is 0 Å². The third-order valence-electron chi connectivity index (χ3n) is 3.12. The molecule has 0 bridgehead atoms. The first-order valence-electron chi connectivity index (χ1n) is 5.82. The molecule has 20 heavy (non-hydrogen) atoms. The Labute approximate surface area is 114 Å². The van der Waals surface area contributed by atoms with E-state index in [9.17, 15) is 14.9 Å². The minimum absolute atomic E-state index is 0.126. The summed E-state index contributed by atoms with van der Waals surface area (Å²) in [6, 6.07) is 0. The molecule has 0 unspecified atom stereocenters. The summed E-state index contributed by atoms with van der Waals surface area (Å²) >= 11 is 0. The first-order chi connectivity index (χ1) is 9.41. The van der Waals surface area contributed by atoms with Crippen molar-refractivity contribution >= 4 is 11.6 Å². The molecule has 1 N–H and O–H groups in total. The summed E-state index contributed by atoms with van der Waals surface area (Å²) in [5.74, 6) is -0.488. The molecule has 2 heterocycles. The molecule has 0 spiro atoms. The van der Waals surface area contributed by atoms with Gasteiger partial charge in [-0.05, 0) is 6.92 Å². The van der Waals surface area contributed by atoms with E-state index in [0.717, 1.165) is 17.5 Å². The van der Waals surface area contributed by atoms with Gasteiger partial charge in [0.25, 0.3) is 5.91 Å². The van der Waals surface area contributed by atoms with Crippen molar-refractivity contribution in [3.63, 3.8) is 0 Å². The van der Waals surface area contributed by atoms with Crippen LogP contribution in [0.3, 0.4) is 0 Å². The second-order valence-electron chi connectivity index (χ2n) is 4.43. The SMILES string of the molecule is Cc1c(CN(C)C(=O)c2[nH]ncc2[N+](=O)[O-])cnn1C. The summed E-state index contributed by atoms with van der Waals surface area (Å²) in [4.78, 5) is 23.7. The Kier molecular flexibility index (Phi) is 3.51. The van der Waals surface area contributed by atoms with E-state index in [1.165, 1.54) is 4.90 Å². The number of carbonyl (C=O) groups excluding carboxylic acids is 1. The van der Waals surface area contributed by atoms with Gasteiger partial charge in [-0.15, -0.1) is 0 Å². The van der Waals surface area contributed by atoms with Crippen LogP contribution in [-0.4, -0.2) is 42.8 Å². The van der Waals surface area contributed by atoms with E-state index in [0.29, 0.717) is 6.54 Å².